The third-order valence-corrected chi connectivity index (χ3v) is 5.15. The highest BCUT2D eigenvalue weighted by Crippen LogP contribution is 2.30. The van der Waals surface area contributed by atoms with Crippen molar-refractivity contribution >= 4 is 11.8 Å². The SMILES string of the molecule is CN1CCCC(CN)(N2CCSCC2)CC1. The number of likely N-dealkylation sites (tertiary alicyclic amines) is 1. The summed E-state index contributed by atoms with van der Waals surface area (Å²) >= 11 is 2.08. The second-order valence-electron chi connectivity index (χ2n) is 5.18. The molecule has 1 unspecified atom stereocenters. The van der Waals surface area contributed by atoms with Crippen molar-refractivity contribution in [2.24, 2.45) is 5.73 Å². The largest absolute Gasteiger partial charge is 0.329 e. The Balaban J connectivity index is 2.04. The van der Waals surface area contributed by atoms with Crippen LogP contribution in [0.15, 0.2) is 0 Å². The number of nitrogens with zero attached hydrogens (tertiary/aromatic N) is 2. The minimum absolute atomic E-state index is 0.311. The second kappa shape index (κ2) is 5.71. The lowest BCUT2D eigenvalue weighted by Gasteiger charge is -2.45. The van der Waals surface area contributed by atoms with Crippen LogP contribution in [0.1, 0.15) is 19.3 Å². The van der Waals surface area contributed by atoms with Gasteiger partial charge in [0, 0.05) is 36.7 Å². The summed E-state index contributed by atoms with van der Waals surface area (Å²) in [6, 6.07) is 0. The van der Waals surface area contributed by atoms with Gasteiger partial charge in [0.1, 0.15) is 0 Å². The highest BCUT2D eigenvalue weighted by molar-refractivity contribution is 7.99. The molecule has 3 nitrogen and oxygen atoms in total. The zero-order valence-corrected chi connectivity index (χ0v) is 11.3. The van der Waals surface area contributed by atoms with Crippen LogP contribution in [0, 0.1) is 0 Å². The first kappa shape index (κ1) is 12.7. The fourth-order valence-corrected chi connectivity index (χ4v) is 3.90. The zero-order chi connectivity index (χ0) is 11.4. The molecule has 16 heavy (non-hydrogen) atoms. The van der Waals surface area contributed by atoms with Crippen molar-refractivity contribution in [3.05, 3.63) is 0 Å². The molecule has 0 amide bonds. The van der Waals surface area contributed by atoms with Gasteiger partial charge in [-0.2, -0.15) is 11.8 Å². The maximum absolute atomic E-state index is 6.12. The normalized spacial score (nSPS) is 34.9. The highest BCUT2D eigenvalue weighted by Gasteiger charge is 2.36. The third kappa shape index (κ3) is 2.73. The van der Waals surface area contributed by atoms with Gasteiger partial charge in [0.15, 0.2) is 0 Å². The first-order chi connectivity index (χ1) is 7.77. The van der Waals surface area contributed by atoms with Crippen molar-refractivity contribution in [1.82, 2.24) is 9.80 Å². The second-order valence-corrected chi connectivity index (χ2v) is 6.41. The summed E-state index contributed by atoms with van der Waals surface area (Å²) in [5.74, 6) is 2.58. The van der Waals surface area contributed by atoms with Gasteiger partial charge in [0.25, 0.3) is 0 Å². The van der Waals surface area contributed by atoms with Gasteiger partial charge >= 0.3 is 0 Å². The Labute approximate surface area is 104 Å². The summed E-state index contributed by atoms with van der Waals surface area (Å²) in [5, 5.41) is 0. The molecule has 2 N–H and O–H groups in total. The molecule has 2 saturated heterocycles. The molecule has 0 aliphatic carbocycles. The fraction of sp³-hybridized carbons (Fsp3) is 1.00. The summed E-state index contributed by atoms with van der Waals surface area (Å²) < 4.78 is 0. The van der Waals surface area contributed by atoms with E-state index in [0.29, 0.717) is 5.54 Å². The first-order valence-electron chi connectivity index (χ1n) is 6.48. The molecule has 2 heterocycles. The topological polar surface area (TPSA) is 32.5 Å². The molecule has 2 fully saturated rings. The third-order valence-electron chi connectivity index (χ3n) is 4.20. The van der Waals surface area contributed by atoms with Gasteiger partial charge in [-0.05, 0) is 39.4 Å². The van der Waals surface area contributed by atoms with Crippen LogP contribution in [0.4, 0.5) is 0 Å². The fourth-order valence-electron chi connectivity index (χ4n) is 3.00. The Morgan fingerprint density at radius 3 is 2.56 bits per heavy atom. The Kier molecular flexibility index (Phi) is 4.53. The molecule has 2 aliphatic rings. The van der Waals surface area contributed by atoms with Crippen LogP contribution in [-0.2, 0) is 0 Å². The van der Waals surface area contributed by atoms with Gasteiger partial charge < -0.3 is 10.6 Å². The van der Waals surface area contributed by atoms with Crippen molar-refractivity contribution < 1.29 is 0 Å². The number of rotatable bonds is 2. The lowest BCUT2D eigenvalue weighted by molar-refractivity contribution is 0.0899. The minimum atomic E-state index is 0.311. The van der Waals surface area contributed by atoms with E-state index in [-0.39, 0.29) is 0 Å². The quantitative estimate of drug-likeness (QED) is 0.779. The van der Waals surface area contributed by atoms with E-state index in [9.17, 15) is 0 Å². The molecule has 94 valence electrons. The van der Waals surface area contributed by atoms with E-state index in [1.54, 1.807) is 0 Å². The Hall–Kier alpha value is 0.230. The van der Waals surface area contributed by atoms with Crippen molar-refractivity contribution in [2.75, 3.05) is 51.3 Å². The van der Waals surface area contributed by atoms with Crippen molar-refractivity contribution in [3.8, 4) is 0 Å². The zero-order valence-electron chi connectivity index (χ0n) is 10.5. The monoisotopic (exact) mass is 243 g/mol. The van der Waals surface area contributed by atoms with E-state index in [0.717, 1.165) is 6.54 Å². The maximum Gasteiger partial charge on any atom is 0.0345 e. The number of thioether (sulfide) groups is 1. The predicted octanol–water partition coefficient (Wildman–Crippen LogP) is 0.848. The summed E-state index contributed by atoms with van der Waals surface area (Å²) in [4.78, 5) is 5.14. The van der Waals surface area contributed by atoms with E-state index in [2.05, 4.69) is 28.6 Å². The lowest BCUT2D eigenvalue weighted by atomic mass is 9.88. The summed E-state index contributed by atoms with van der Waals surface area (Å²) in [6.45, 7) is 5.77. The molecule has 0 aromatic heterocycles. The Morgan fingerprint density at radius 2 is 1.88 bits per heavy atom. The van der Waals surface area contributed by atoms with Gasteiger partial charge in [-0.25, -0.2) is 0 Å². The van der Waals surface area contributed by atoms with E-state index < -0.39 is 0 Å². The van der Waals surface area contributed by atoms with Gasteiger partial charge in [0.2, 0.25) is 0 Å². The van der Waals surface area contributed by atoms with Crippen LogP contribution < -0.4 is 5.73 Å². The van der Waals surface area contributed by atoms with Crippen molar-refractivity contribution in [2.45, 2.75) is 24.8 Å². The van der Waals surface area contributed by atoms with Gasteiger partial charge in [-0.15, -0.1) is 0 Å². The van der Waals surface area contributed by atoms with Crippen LogP contribution >= 0.6 is 11.8 Å². The molecule has 0 aromatic rings. The van der Waals surface area contributed by atoms with E-state index in [1.165, 1.54) is 56.9 Å². The molecular weight excluding hydrogens is 218 g/mol. The number of hydrogen-bond donors (Lipinski definition) is 1. The summed E-state index contributed by atoms with van der Waals surface area (Å²) in [7, 11) is 2.23. The van der Waals surface area contributed by atoms with Gasteiger partial charge in [-0.1, -0.05) is 0 Å². The van der Waals surface area contributed by atoms with Crippen LogP contribution in [-0.4, -0.2) is 66.6 Å². The minimum Gasteiger partial charge on any atom is -0.329 e. The first-order valence-corrected chi connectivity index (χ1v) is 7.64. The Morgan fingerprint density at radius 1 is 1.12 bits per heavy atom. The molecule has 2 aliphatic heterocycles. The smallest absolute Gasteiger partial charge is 0.0345 e. The van der Waals surface area contributed by atoms with Gasteiger partial charge in [-0.3, -0.25) is 4.90 Å². The van der Waals surface area contributed by atoms with E-state index >= 15 is 0 Å². The number of hydrogen-bond acceptors (Lipinski definition) is 4. The van der Waals surface area contributed by atoms with Crippen LogP contribution in [0.25, 0.3) is 0 Å². The molecule has 2 rings (SSSR count). The highest BCUT2D eigenvalue weighted by atomic mass is 32.2. The summed E-state index contributed by atoms with van der Waals surface area (Å²) in [6.07, 6.45) is 3.85. The predicted molar refractivity (Wildman–Crippen MR) is 72.0 cm³/mol. The Bertz CT molecular complexity index is 218. The van der Waals surface area contributed by atoms with E-state index in [1.807, 2.05) is 0 Å². The van der Waals surface area contributed by atoms with Crippen LogP contribution in [0.3, 0.4) is 0 Å². The van der Waals surface area contributed by atoms with Crippen molar-refractivity contribution in [3.63, 3.8) is 0 Å². The van der Waals surface area contributed by atoms with Crippen LogP contribution in [0.2, 0.25) is 0 Å². The molecule has 0 spiro atoms. The lowest BCUT2D eigenvalue weighted by Crippen LogP contribution is -2.56. The van der Waals surface area contributed by atoms with E-state index in [4.69, 9.17) is 5.73 Å². The molecule has 4 heteroatoms. The molecule has 1 atom stereocenters. The molecule has 0 bridgehead atoms. The van der Waals surface area contributed by atoms with Crippen molar-refractivity contribution in [1.29, 1.82) is 0 Å². The molecular formula is C12H25N3S. The summed E-state index contributed by atoms with van der Waals surface area (Å²) in [5.41, 5.74) is 6.43. The maximum atomic E-state index is 6.12. The van der Waals surface area contributed by atoms with Gasteiger partial charge in [0.05, 0.1) is 0 Å². The standard InChI is InChI=1S/C12H25N3S/c1-14-5-2-3-12(11-13,4-6-14)15-7-9-16-10-8-15/h2-11,13H2,1H3. The molecule has 0 radical (unpaired) electrons. The van der Waals surface area contributed by atoms with Crippen LogP contribution in [0.5, 0.6) is 0 Å². The average Bonchev–Trinajstić information content (AvgIpc) is 2.53. The average molecular weight is 243 g/mol. The number of nitrogens with two attached hydrogens (primary N) is 1. The molecule has 0 aromatic carbocycles. The molecule has 0 saturated carbocycles.